The fourth-order valence-corrected chi connectivity index (χ4v) is 1.54. The Morgan fingerprint density at radius 1 is 1.47 bits per heavy atom. The van der Waals surface area contributed by atoms with Crippen LogP contribution in [0.25, 0.3) is 0 Å². The smallest absolute Gasteiger partial charge is 0.238 e. The minimum Gasteiger partial charge on any atom is -0.477 e. The predicted molar refractivity (Wildman–Crippen MR) is 58.7 cm³/mol. The molecule has 0 saturated heterocycles. The summed E-state index contributed by atoms with van der Waals surface area (Å²) in [5.74, 6) is 1.28. The van der Waals surface area contributed by atoms with E-state index in [0.29, 0.717) is 11.8 Å². The Hall–Kier alpha value is -1.48. The molecule has 15 heavy (non-hydrogen) atoms. The van der Waals surface area contributed by atoms with Crippen LogP contribution in [0.4, 0.5) is 5.82 Å². The third kappa shape index (κ3) is 2.73. The molecule has 0 amide bonds. The Morgan fingerprint density at radius 2 is 2.20 bits per heavy atom. The van der Waals surface area contributed by atoms with Gasteiger partial charge in [0, 0.05) is 0 Å². The Balaban J connectivity index is 3.14. The second kappa shape index (κ2) is 5.41. The van der Waals surface area contributed by atoms with Gasteiger partial charge in [-0.1, -0.05) is 18.7 Å². The molecule has 0 aliphatic rings. The Kier molecular flexibility index (Phi) is 4.18. The first-order valence-corrected chi connectivity index (χ1v) is 5.54. The maximum Gasteiger partial charge on any atom is 0.238 e. The minimum absolute atomic E-state index is 0.173. The van der Waals surface area contributed by atoms with Crippen molar-refractivity contribution in [3.63, 3.8) is 0 Å². The van der Waals surface area contributed by atoms with Crippen molar-refractivity contribution < 1.29 is 4.74 Å². The third-order valence-corrected chi connectivity index (χ3v) is 2.28. The van der Waals surface area contributed by atoms with Crippen LogP contribution in [-0.4, -0.2) is 22.3 Å². The molecule has 0 bridgehead atoms. The first-order valence-electron chi connectivity index (χ1n) is 4.56. The normalized spacial score (nSPS) is 9.67. The number of nitrogens with two attached hydrogens (primary N) is 1. The van der Waals surface area contributed by atoms with Crippen molar-refractivity contribution in [2.45, 2.75) is 19.0 Å². The minimum atomic E-state index is 0.173. The topological polar surface area (TPSA) is 84.8 Å². The van der Waals surface area contributed by atoms with Crippen molar-refractivity contribution in [2.24, 2.45) is 0 Å². The lowest BCUT2D eigenvalue weighted by Gasteiger charge is -2.07. The van der Waals surface area contributed by atoms with Gasteiger partial charge >= 0.3 is 0 Å². The van der Waals surface area contributed by atoms with E-state index in [1.54, 1.807) is 0 Å². The Bertz CT molecular complexity index is 388. The van der Waals surface area contributed by atoms with Crippen molar-refractivity contribution in [3.05, 3.63) is 5.56 Å². The lowest BCUT2D eigenvalue weighted by Crippen LogP contribution is -2.05. The lowest BCUT2D eigenvalue weighted by atomic mass is 10.3. The van der Waals surface area contributed by atoms with Crippen molar-refractivity contribution in [3.8, 4) is 11.9 Å². The second-order valence-corrected chi connectivity index (χ2v) is 3.78. The van der Waals surface area contributed by atoms with E-state index < -0.39 is 0 Å². The average molecular weight is 224 g/mol. The number of nitriles is 1. The van der Waals surface area contributed by atoms with Gasteiger partial charge in [0.25, 0.3) is 0 Å². The molecule has 1 heterocycles. The first kappa shape index (κ1) is 11.6. The molecule has 0 atom stereocenters. The summed E-state index contributed by atoms with van der Waals surface area (Å²) in [6, 6.07) is 1.93. The van der Waals surface area contributed by atoms with E-state index in [1.807, 2.05) is 19.9 Å². The highest BCUT2D eigenvalue weighted by Gasteiger charge is 2.12. The summed E-state index contributed by atoms with van der Waals surface area (Å²) in [6.07, 6.45) is 0. The highest BCUT2D eigenvalue weighted by atomic mass is 32.2. The molecule has 0 spiro atoms. The van der Waals surface area contributed by atoms with E-state index in [9.17, 15) is 0 Å². The number of ether oxygens (including phenoxy) is 1. The van der Waals surface area contributed by atoms with Crippen molar-refractivity contribution >= 4 is 17.6 Å². The fraction of sp³-hybridized carbons (Fsp3) is 0.444. The first-order chi connectivity index (χ1) is 7.22. The monoisotopic (exact) mass is 224 g/mol. The number of aromatic nitrogens is 2. The number of nitrogen functional groups attached to an aromatic ring is 1. The van der Waals surface area contributed by atoms with Crippen LogP contribution in [0.5, 0.6) is 5.88 Å². The Labute approximate surface area is 92.7 Å². The molecule has 1 aromatic rings. The molecule has 0 unspecified atom stereocenters. The number of anilines is 1. The molecule has 5 nitrogen and oxygen atoms in total. The Morgan fingerprint density at radius 3 is 2.73 bits per heavy atom. The molecule has 0 fully saturated rings. The van der Waals surface area contributed by atoms with Crippen LogP contribution in [0.1, 0.15) is 19.4 Å². The van der Waals surface area contributed by atoms with Gasteiger partial charge in [-0.25, -0.2) is 4.98 Å². The van der Waals surface area contributed by atoms with Crippen molar-refractivity contribution in [1.29, 1.82) is 5.26 Å². The van der Waals surface area contributed by atoms with E-state index in [1.165, 1.54) is 11.8 Å². The van der Waals surface area contributed by atoms with Crippen LogP contribution in [-0.2, 0) is 0 Å². The highest BCUT2D eigenvalue weighted by molar-refractivity contribution is 7.99. The molecule has 0 aromatic carbocycles. The van der Waals surface area contributed by atoms with E-state index >= 15 is 0 Å². The van der Waals surface area contributed by atoms with E-state index in [-0.39, 0.29) is 17.3 Å². The van der Waals surface area contributed by atoms with Crippen LogP contribution in [0.15, 0.2) is 5.16 Å². The number of hydrogen-bond acceptors (Lipinski definition) is 6. The number of hydrogen-bond donors (Lipinski definition) is 1. The van der Waals surface area contributed by atoms with Gasteiger partial charge in [-0.15, -0.1) is 0 Å². The summed E-state index contributed by atoms with van der Waals surface area (Å²) in [4.78, 5) is 8.11. The average Bonchev–Trinajstić information content (AvgIpc) is 2.18. The fourth-order valence-electron chi connectivity index (χ4n) is 0.976. The standard InChI is InChI=1S/C9H12N4OS/c1-3-14-8-6(5-10)7(11)12-9(13-8)15-4-2/h3-4H2,1-2H3,(H2,11,12,13). The third-order valence-electron chi connectivity index (χ3n) is 1.55. The molecule has 6 heteroatoms. The maximum atomic E-state index is 8.85. The molecule has 1 rings (SSSR count). The summed E-state index contributed by atoms with van der Waals surface area (Å²) in [7, 11) is 0. The molecule has 80 valence electrons. The second-order valence-electron chi connectivity index (χ2n) is 2.55. The van der Waals surface area contributed by atoms with Crippen LogP contribution in [0.3, 0.4) is 0 Å². The van der Waals surface area contributed by atoms with E-state index in [0.717, 1.165) is 5.75 Å². The molecule has 0 aliphatic heterocycles. The van der Waals surface area contributed by atoms with Gasteiger partial charge in [0.1, 0.15) is 11.9 Å². The van der Waals surface area contributed by atoms with Gasteiger partial charge in [0.2, 0.25) is 5.88 Å². The van der Waals surface area contributed by atoms with Gasteiger partial charge in [-0.05, 0) is 12.7 Å². The zero-order chi connectivity index (χ0) is 11.3. The molecular formula is C9H12N4OS. The van der Waals surface area contributed by atoms with Gasteiger partial charge in [0.05, 0.1) is 6.61 Å². The SMILES string of the molecule is CCOc1nc(SCC)nc(N)c1C#N. The van der Waals surface area contributed by atoms with Gasteiger partial charge in [-0.3, -0.25) is 0 Å². The van der Waals surface area contributed by atoms with E-state index in [4.69, 9.17) is 15.7 Å². The van der Waals surface area contributed by atoms with Gasteiger partial charge in [-0.2, -0.15) is 10.2 Å². The van der Waals surface area contributed by atoms with Crippen LogP contribution in [0.2, 0.25) is 0 Å². The van der Waals surface area contributed by atoms with Crippen molar-refractivity contribution in [2.75, 3.05) is 18.1 Å². The van der Waals surface area contributed by atoms with E-state index in [2.05, 4.69) is 9.97 Å². The number of rotatable bonds is 4. The highest BCUT2D eigenvalue weighted by Crippen LogP contribution is 2.24. The molecular weight excluding hydrogens is 212 g/mol. The summed E-state index contributed by atoms with van der Waals surface area (Å²) < 4.78 is 5.23. The van der Waals surface area contributed by atoms with Crippen LogP contribution < -0.4 is 10.5 Å². The number of nitrogens with zero attached hydrogens (tertiary/aromatic N) is 3. The quantitative estimate of drug-likeness (QED) is 0.615. The zero-order valence-electron chi connectivity index (χ0n) is 8.65. The summed E-state index contributed by atoms with van der Waals surface area (Å²) in [5.41, 5.74) is 5.83. The molecule has 0 radical (unpaired) electrons. The van der Waals surface area contributed by atoms with Gasteiger partial charge in [0.15, 0.2) is 10.7 Å². The largest absolute Gasteiger partial charge is 0.477 e. The summed E-state index contributed by atoms with van der Waals surface area (Å²) >= 11 is 1.46. The molecule has 1 aromatic heterocycles. The molecule has 0 saturated carbocycles. The zero-order valence-corrected chi connectivity index (χ0v) is 9.47. The lowest BCUT2D eigenvalue weighted by molar-refractivity contribution is 0.322. The molecule has 2 N–H and O–H groups in total. The predicted octanol–water partition coefficient (Wildman–Crippen LogP) is 1.44. The maximum absolute atomic E-state index is 8.85. The summed E-state index contributed by atoms with van der Waals surface area (Å²) in [5, 5.41) is 9.39. The summed E-state index contributed by atoms with van der Waals surface area (Å²) in [6.45, 7) is 4.26. The van der Waals surface area contributed by atoms with Crippen LogP contribution in [0, 0.1) is 11.3 Å². The molecule has 0 aliphatic carbocycles. The van der Waals surface area contributed by atoms with Gasteiger partial charge < -0.3 is 10.5 Å². The van der Waals surface area contributed by atoms with Crippen molar-refractivity contribution in [1.82, 2.24) is 9.97 Å². The van der Waals surface area contributed by atoms with Crippen LogP contribution >= 0.6 is 11.8 Å². The number of thioether (sulfide) groups is 1.